The number of hydrogen-bond acceptors (Lipinski definition) is 2. The van der Waals surface area contributed by atoms with Crippen molar-refractivity contribution >= 4 is 23.0 Å². The van der Waals surface area contributed by atoms with Crippen LogP contribution in [-0.4, -0.2) is 28.1 Å². The van der Waals surface area contributed by atoms with E-state index in [-0.39, 0.29) is 11.0 Å². The number of carbonyl (C=O) groups is 2. The molecule has 0 fully saturated rings. The van der Waals surface area contributed by atoms with Crippen molar-refractivity contribution in [1.82, 2.24) is 0 Å². The Morgan fingerprint density at radius 2 is 1.50 bits per heavy atom. The molecule has 5 nitrogen and oxygen atoms in total. The van der Waals surface area contributed by atoms with Crippen molar-refractivity contribution in [1.29, 1.82) is 0 Å². The van der Waals surface area contributed by atoms with E-state index < -0.39 is 12.0 Å². The zero-order valence-electron chi connectivity index (χ0n) is 4.70. The standard InChI is InChI=1S/C3H4O2.CH4N2O.H4Si/c1-2-3(4)5;2-1(3)4;/h2H,1H2,(H,4,5);(H4,2,3,4);1H4. The second kappa shape index (κ2) is 10.6. The monoisotopic (exact) mass is 164 g/mol. The van der Waals surface area contributed by atoms with Gasteiger partial charge in [0.05, 0.1) is 0 Å². The van der Waals surface area contributed by atoms with Crippen molar-refractivity contribution in [3.8, 4) is 0 Å². The van der Waals surface area contributed by atoms with E-state index in [4.69, 9.17) is 9.90 Å². The maximum Gasteiger partial charge on any atom is 0.327 e. The lowest BCUT2D eigenvalue weighted by Gasteiger charge is -1.64. The molecule has 0 radical (unpaired) electrons. The van der Waals surface area contributed by atoms with Gasteiger partial charge in [0.2, 0.25) is 0 Å². The smallest absolute Gasteiger partial charge is 0.327 e. The fourth-order valence-corrected chi connectivity index (χ4v) is 0. The molecule has 0 aromatic carbocycles. The van der Waals surface area contributed by atoms with Gasteiger partial charge in [-0.25, -0.2) is 9.59 Å². The van der Waals surface area contributed by atoms with Crippen molar-refractivity contribution in [3.63, 3.8) is 0 Å². The van der Waals surface area contributed by atoms with Crippen LogP contribution >= 0.6 is 0 Å². The summed E-state index contributed by atoms with van der Waals surface area (Å²) in [5, 5.41) is 7.60. The van der Waals surface area contributed by atoms with Crippen LogP contribution in [0.25, 0.3) is 0 Å². The summed E-state index contributed by atoms with van der Waals surface area (Å²) in [4.78, 5) is 18.2. The van der Waals surface area contributed by atoms with Gasteiger partial charge in [-0.05, 0) is 11.0 Å². The van der Waals surface area contributed by atoms with E-state index >= 15 is 0 Å². The number of primary amides is 2. The number of nitrogens with two attached hydrogens (primary N) is 2. The molecule has 0 aromatic rings. The lowest BCUT2D eigenvalue weighted by Crippen LogP contribution is -2.18. The number of carbonyl (C=O) groups excluding carboxylic acids is 1. The van der Waals surface area contributed by atoms with Crippen LogP contribution in [0, 0.1) is 0 Å². The maximum atomic E-state index is 9.25. The Morgan fingerprint density at radius 1 is 1.40 bits per heavy atom. The molecule has 5 N–H and O–H groups in total. The summed E-state index contributed by atoms with van der Waals surface area (Å²) in [5.74, 6) is -0.981. The van der Waals surface area contributed by atoms with Gasteiger partial charge in [0.1, 0.15) is 0 Å². The third-order valence-corrected chi connectivity index (χ3v) is 0.175. The molecule has 10 heavy (non-hydrogen) atoms. The first-order valence-electron chi connectivity index (χ1n) is 1.91. The number of carboxylic acids is 1. The van der Waals surface area contributed by atoms with Gasteiger partial charge in [-0.2, -0.15) is 0 Å². The fourth-order valence-electron chi connectivity index (χ4n) is 0. The average molecular weight is 164 g/mol. The quantitative estimate of drug-likeness (QED) is 0.303. The Bertz CT molecular complexity index is 122. The number of urea groups is 1. The number of carboxylic acid groups (broad SMARTS) is 1. The summed E-state index contributed by atoms with van der Waals surface area (Å²) in [5.41, 5.74) is 8.50. The third kappa shape index (κ3) is 448. The van der Waals surface area contributed by atoms with Crippen molar-refractivity contribution in [3.05, 3.63) is 12.7 Å². The molecule has 0 unspecified atom stereocenters. The number of hydrogen-bond donors (Lipinski definition) is 3. The van der Waals surface area contributed by atoms with Crippen LogP contribution in [0.5, 0.6) is 0 Å². The van der Waals surface area contributed by atoms with Crippen molar-refractivity contribution in [2.45, 2.75) is 0 Å². The predicted octanol–water partition coefficient (Wildman–Crippen LogP) is -2.17. The highest BCUT2D eigenvalue weighted by molar-refractivity contribution is 5.78. The summed E-state index contributed by atoms with van der Waals surface area (Å²) in [6, 6.07) is -0.833. The van der Waals surface area contributed by atoms with Crippen molar-refractivity contribution in [2.24, 2.45) is 11.5 Å². The normalized spacial score (nSPS) is 5.60. The van der Waals surface area contributed by atoms with Crippen molar-refractivity contribution in [2.75, 3.05) is 0 Å². The largest absolute Gasteiger partial charge is 0.478 e. The highest BCUT2D eigenvalue weighted by atomic mass is 28.1. The van der Waals surface area contributed by atoms with Gasteiger partial charge in [-0.1, -0.05) is 6.58 Å². The molecule has 0 bridgehead atoms. The second-order valence-electron chi connectivity index (χ2n) is 0.945. The van der Waals surface area contributed by atoms with Crippen LogP contribution < -0.4 is 11.5 Å². The van der Waals surface area contributed by atoms with Gasteiger partial charge in [-0.3, -0.25) is 0 Å². The van der Waals surface area contributed by atoms with E-state index in [1.807, 2.05) is 0 Å². The van der Waals surface area contributed by atoms with Gasteiger partial charge in [-0.15, -0.1) is 0 Å². The van der Waals surface area contributed by atoms with E-state index in [0.717, 1.165) is 6.08 Å². The van der Waals surface area contributed by atoms with E-state index in [0.29, 0.717) is 0 Å². The predicted molar refractivity (Wildman–Crippen MR) is 42.9 cm³/mol. The molecule has 0 saturated carbocycles. The molecule has 0 atom stereocenters. The highest BCUT2D eigenvalue weighted by Gasteiger charge is 1.73. The minimum atomic E-state index is -0.981. The molecular formula is C4H12N2O3Si. The van der Waals surface area contributed by atoms with Crippen LogP contribution in [0.2, 0.25) is 0 Å². The third-order valence-electron chi connectivity index (χ3n) is 0.175. The van der Waals surface area contributed by atoms with Crippen LogP contribution in [0.15, 0.2) is 12.7 Å². The molecular weight excluding hydrogens is 152 g/mol. The Labute approximate surface area is 62.7 Å². The van der Waals surface area contributed by atoms with Gasteiger partial charge in [0.25, 0.3) is 0 Å². The van der Waals surface area contributed by atoms with Crippen molar-refractivity contribution < 1.29 is 14.7 Å². The summed E-state index contributed by atoms with van der Waals surface area (Å²) in [7, 11) is 0. The van der Waals surface area contributed by atoms with E-state index in [9.17, 15) is 4.79 Å². The molecule has 0 rings (SSSR count). The van der Waals surface area contributed by atoms with E-state index in [2.05, 4.69) is 18.0 Å². The number of rotatable bonds is 1. The zero-order valence-corrected chi connectivity index (χ0v) is 4.70. The van der Waals surface area contributed by atoms with Crippen LogP contribution in [0.1, 0.15) is 0 Å². The first-order chi connectivity index (χ1) is 4.00. The second-order valence-corrected chi connectivity index (χ2v) is 0.945. The van der Waals surface area contributed by atoms with Gasteiger partial charge in [0.15, 0.2) is 0 Å². The molecule has 0 spiro atoms. The SMILES string of the molecule is C=CC(=O)O.NC(N)=O.[SiH4]. The summed E-state index contributed by atoms with van der Waals surface area (Å²) in [6.45, 7) is 2.96. The molecule has 60 valence electrons. The Kier molecular flexibility index (Phi) is 16.9. The molecule has 0 aliphatic carbocycles. The van der Waals surface area contributed by atoms with Gasteiger partial charge >= 0.3 is 12.0 Å². The minimum absolute atomic E-state index is 0. The van der Waals surface area contributed by atoms with E-state index in [1.165, 1.54) is 0 Å². The molecule has 0 aromatic heterocycles. The highest BCUT2D eigenvalue weighted by Crippen LogP contribution is 1.54. The molecule has 0 saturated heterocycles. The topological polar surface area (TPSA) is 106 Å². The summed E-state index contributed by atoms with van der Waals surface area (Å²) in [6.07, 6.45) is 0.833. The van der Waals surface area contributed by atoms with Gasteiger partial charge < -0.3 is 16.6 Å². The Hall–Kier alpha value is -1.30. The Morgan fingerprint density at radius 3 is 1.50 bits per heavy atom. The lowest BCUT2D eigenvalue weighted by atomic mass is 10.7. The van der Waals surface area contributed by atoms with E-state index in [1.54, 1.807) is 0 Å². The molecule has 2 amide bonds. The van der Waals surface area contributed by atoms with Gasteiger partial charge in [0, 0.05) is 6.08 Å². The fraction of sp³-hybridized carbons (Fsp3) is 0. The van der Waals surface area contributed by atoms with Crippen LogP contribution in [0.4, 0.5) is 4.79 Å². The lowest BCUT2D eigenvalue weighted by molar-refractivity contribution is -0.131. The first kappa shape index (κ1) is 15.9. The minimum Gasteiger partial charge on any atom is -0.478 e. The summed E-state index contributed by atoms with van der Waals surface area (Å²) >= 11 is 0. The van der Waals surface area contributed by atoms with Crippen LogP contribution in [-0.2, 0) is 4.79 Å². The molecule has 0 aliphatic rings. The molecule has 0 heterocycles. The molecule has 0 aliphatic heterocycles. The number of aliphatic carboxylic acids is 1. The number of amides is 2. The maximum absolute atomic E-state index is 9.25. The zero-order chi connectivity index (χ0) is 7.86. The summed E-state index contributed by atoms with van der Waals surface area (Å²) < 4.78 is 0. The molecule has 6 heteroatoms. The average Bonchev–Trinajstić information content (AvgIpc) is 1.65. The first-order valence-corrected chi connectivity index (χ1v) is 1.91. The Balaban J connectivity index is -0.0000000910. The van der Waals surface area contributed by atoms with Crippen LogP contribution in [0.3, 0.4) is 0 Å².